The van der Waals surface area contributed by atoms with Crippen molar-refractivity contribution in [2.75, 3.05) is 14.1 Å². The number of benzene rings is 1. The summed E-state index contributed by atoms with van der Waals surface area (Å²) in [6, 6.07) is 10.3. The fraction of sp³-hybridized carbons (Fsp3) is 0.357. The summed E-state index contributed by atoms with van der Waals surface area (Å²) in [6.07, 6.45) is 3.95. The smallest absolute Gasteiger partial charge is 0.225 e. The van der Waals surface area contributed by atoms with Gasteiger partial charge in [-0.05, 0) is 24.0 Å². The second-order valence-electron chi connectivity index (χ2n) is 4.46. The highest BCUT2D eigenvalue weighted by molar-refractivity contribution is 5.83. The van der Waals surface area contributed by atoms with E-state index < -0.39 is 0 Å². The van der Waals surface area contributed by atoms with Crippen molar-refractivity contribution < 1.29 is 4.79 Å². The van der Waals surface area contributed by atoms with E-state index in [0.29, 0.717) is 0 Å². The molecule has 2 nitrogen and oxygen atoms in total. The van der Waals surface area contributed by atoms with Gasteiger partial charge in [0.25, 0.3) is 0 Å². The number of nitrogens with zero attached hydrogens (tertiary/aromatic N) is 1. The summed E-state index contributed by atoms with van der Waals surface area (Å²) in [7, 11) is 3.64. The van der Waals surface area contributed by atoms with Crippen molar-refractivity contribution in [2.45, 2.75) is 12.8 Å². The zero-order valence-electron chi connectivity index (χ0n) is 9.81. The van der Waals surface area contributed by atoms with Crippen LogP contribution in [0.15, 0.2) is 36.4 Å². The Balaban J connectivity index is 2.06. The molecular formula is C14H17NO. The topological polar surface area (TPSA) is 20.3 Å². The summed E-state index contributed by atoms with van der Waals surface area (Å²) in [5.74, 6) is 0.382. The molecule has 0 heterocycles. The van der Waals surface area contributed by atoms with Gasteiger partial charge in [-0.2, -0.15) is 0 Å². The molecule has 1 aromatic carbocycles. The highest BCUT2D eigenvalue weighted by Crippen LogP contribution is 2.32. The highest BCUT2D eigenvalue weighted by atomic mass is 16.2. The number of allylic oxidation sites excluding steroid dienone is 2. The Hall–Kier alpha value is -1.57. The van der Waals surface area contributed by atoms with Crippen molar-refractivity contribution in [1.29, 1.82) is 0 Å². The van der Waals surface area contributed by atoms with Crippen LogP contribution in [0.5, 0.6) is 0 Å². The van der Waals surface area contributed by atoms with Crippen molar-refractivity contribution in [3.63, 3.8) is 0 Å². The van der Waals surface area contributed by atoms with Gasteiger partial charge in [0.05, 0.1) is 0 Å². The van der Waals surface area contributed by atoms with Crippen molar-refractivity contribution in [1.82, 2.24) is 4.90 Å². The summed E-state index contributed by atoms with van der Waals surface area (Å²) >= 11 is 0. The summed E-state index contributed by atoms with van der Waals surface area (Å²) < 4.78 is 0. The number of hydrogen-bond acceptors (Lipinski definition) is 1. The van der Waals surface area contributed by atoms with Crippen LogP contribution >= 0.6 is 0 Å². The maximum Gasteiger partial charge on any atom is 0.225 e. The Morgan fingerprint density at radius 1 is 1.25 bits per heavy atom. The minimum atomic E-state index is 0.144. The summed E-state index contributed by atoms with van der Waals surface area (Å²) in [5, 5.41) is 0. The maximum absolute atomic E-state index is 11.8. The molecule has 1 aromatic rings. The van der Waals surface area contributed by atoms with Crippen molar-refractivity contribution in [2.24, 2.45) is 5.92 Å². The maximum atomic E-state index is 11.8. The number of rotatable bonds is 2. The lowest BCUT2D eigenvalue weighted by Gasteiger charge is -2.16. The van der Waals surface area contributed by atoms with E-state index in [-0.39, 0.29) is 11.8 Å². The van der Waals surface area contributed by atoms with E-state index in [9.17, 15) is 4.79 Å². The third kappa shape index (κ3) is 2.16. The zero-order chi connectivity index (χ0) is 11.5. The standard InChI is InChI=1S/C14H17NO/c1-15(2)14(16)13-9-8-12(10-13)11-6-4-3-5-7-11/h3-8,13H,9-10H2,1-2H3. The van der Waals surface area contributed by atoms with Gasteiger partial charge < -0.3 is 4.90 Å². The molecular weight excluding hydrogens is 198 g/mol. The first-order valence-corrected chi connectivity index (χ1v) is 5.64. The molecule has 1 aliphatic carbocycles. The molecule has 2 rings (SSSR count). The lowest BCUT2D eigenvalue weighted by atomic mass is 10.00. The fourth-order valence-electron chi connectivity index (χ4n) is 2.16. The van der Waals surface area contributed by atoms with Crippen LogP contribution in [0.4, 0.5) is 0 Å². The van der Waals surface area contributed by atoms with Crippen molar-refractivity contribution in [3.8, 4) is 0 Å². The highest BCUT2D eigenvalue weighted by Gasteiger charge is 2.25. The average molecular weight is 215 g/mol. The minimum Gasteiger partial charge on any atom is -0.349 e. The number of hydrogen-bond donors (Lipinski definition) is 0. The molecule has 84 valence electrons. The number of carbonyl (C=O) groups excluding carboxylic acids is 1. The van der Waals surface area contributed by atoms with Crippen LogP contribution in [0.1, 0.15) is 18.4 Å². The van der Waals surface area contributed by atoms with Gasteiger partial charge in [0.15, 0.2) is 0 Å². The van der Waals surface area contributed by atoms with Crippen LogP contribution in [0, 0.1) is 5.92 Å². The average Bonchev–Trinajstić information content (AvgIpc) is 2.78. The van der Waals surface area contributed by atoms with Crippen molar-refractivity contribution in [3.05, 3.63) is 42.0 Å². The van der Waals surface area contributed by atoms with Gasteiger partial charge in [-0.1, -0.05) is 36.4 Å². The predicted molar refractivity (Wildman–Crippen MR) is 65.8 cm³/mol. The van der Waals surface area contributed by atoms with Gasteiger partial charge in [0.1, 0.15) is 0 Å². The zero-order valence-corrected chi connectivity index (χ0v) is 9.81. The third-order valence-corrected chi connectivity index (χ3v) is 3.05. The monoisotopic (exact) mass is 215 g/mol. The fourth-order valence-corrected chi connectivity index (χ4v) is 2.16. The van der Waals surface area contributed by atoms with Crippen LogP contribution in [0.3, 0.4) is 0 Å². The number of amides is 1. The largest absolute Gasteiger partial charge is 0.349 e. The molecule has 0 N–H and O–H groups in total. The molecule has 2 heteroatoms. The van der Waals surface area contributed by atoms with Gasteiger partial charge in [-0.25, -0.2) is 0 Å². The Morgan fingerprint density at radius 3 is 2.56 bits per heavy atom. The van der Waals surface area contributed by atoms with E-state index in [1.54, 1.807) is 4.90 Å². The molecule has 1 amide bonds. The molecule has 0 aromatic heterocycles. The first-order valence-electron chi connectivity index (χ1n) is 5.64. The van der Waals surface area contributed by atoms with Gasteiger partial charge in [-0.3, -0.25) is 4.79 Å². The van der Waals surface area contributed by atoms with E-state index >= 15 is 0 Å². The van der Waals surface area contributed by atoms with Crippen LogP contribution in [-0.4, -0.2) is 24.9 Å². The van der Waals surface area contributed by atoms with E-state index in [1.165, 1.54) is 11.1 Å². The quantitative estimate of drug-likeness (QED) is 0.742. The molecule has 16 heavy (non-hydrogen) atoms. The summed E-state index contributed by atoms with van der Waals surface area (Å²) in [6.45, 7) is 0. The van der Waals surface area contributed by atoms with Gasteiger partial charge in [-0.15, -0.1) is 0 Å². The lowest BCUT2D eigenvalue weighted by Crippen LogP contribution is -2.28. The molecule has 0 fully saturated rings. The second kappa shape index (κ2) is 4.52. The van der Waals surface area contributed by atoms with Crippen molar-refractivity contribution >= 4 is 11.5 Å². The SMILES string of the molecule is CN(C)C(=O)C1CC=C(c2ccccc2)C1. The molecule has 1 atom stereocenters. The first kappa shape index (κ1) is 10.9. The lowest BCUT2D eigenvalue weighted by molar-refractivity contribution is -0.132. The molecule has 0 spiro atoms. The summed E-state index contributed by atoms with van der Waals surface area (Å²) in [5.41, 5.74) is 2.55. The Bertz CT molecular complexity index is 406. The molecule has 1 aliphatic rings. The Morgan fingerprint density at radius 2 is 1.94 bits per heavy atom. The molecule has 0 radical (unpaired) electrons. The van der Waals surface area contributed by atoms with Gasteiger partial charge >= 0.3 is 0 Å². The normalized spacial score (nSPS) is 19.4. The third-order valence-electron chi connectivity index (χ3n) is 3.05. The minimum absolute atomic E-state index is 0.144. The van der Waals surface area contributed by atoms with Crippen LogP contribution in [0.2, 0.25) is 0 Å². The van der Waals surface area contributed by atoms with Gasteiger partial charge in [0, 0.05) is 20.0 Å². The first-order chi connectivity index (χ1) is 7.68. The molecule has 0 saturated heterocycles. The van der Waals surface area contributed by atoms with Gasteiger partial charge in [0.2, 0.25) is 5.91 Å². The summed E-state index contributed by atoms with van der Waals surface area (Å²) in [4.78, 5) is 13.5. The molecule has 0 bridgehead atoms. The Labute approximate surface area is 96.6 Å². The second-order valence-corrected chi connectivity index (χ2v) is 4.46. The van der Waals surface area contributed by atoms with E-state index in [1.807, 2.05) is 32.3 Å². The predicted octanol–water partition coefficient (Wildman–Crippen LogP) is 2.57. The number of carbonyl (C=O) groups is 1. The molecule has 0 saturated carbocycles. The van der Waals surface area contributed by atoms with Crippen LogP contribution in [0.25, 0.3) is 5.57 Å². The van der Waals surface area contributed by atoms with E-state index in [4.69, 9.17) is 0 Å². The molecule has 0 aliphatic heterocycles. The Kier molecular flexibility index (Phi) is 3.09. The van der Waals surface area contributed by atoms with Crippen LogP contribution < -0.4 is 0 Å². The molecule has 1 unspecified atom stereocenters. The van der Waals surface area contributed by atoms with E-state index in [2.05, 4.69) is 18.2 Å². The van der Waals surface area contributed by atoms with Crippen LogP contribution in [-0.2, 0) is 4.79 Å². The van der Waals surface area contributed by atoms with E-state index in [0.717, 1.165) is 12.8 Å².